The third kappa shape index (κ3) is 12.5. The molecule has 0 bridgehead atoms. The summed E-state index contributed by atoms with van der Waals surface area (Å²) in [7, 11) is 0. The lowest BCUT2D eigenvalue weighted by atomic mass is 9.95. The molecule has 0 amide bonds. The molecule has 0 saturated carbocycles. The molecule has 0 aliphatic carbocycles. The number of aromatic nitrogens is 2. The fourth-order valence-corrected chi connectivity index (χ4v) is 6.89. The molecule has 0 radical (unpaired) electrons. The van der Waals surface area contributed by atoms with Crippen LogP contribution in [0.15, 0.2) is 151 Å². The van der Waals surface area contributed by atoms with Gasteiger partial charge in [0.25, 0.3) is 0 Å². The Hall–Kier alpha value is -6.04. The van der Waals surface area contributed by atoms with Crippen LogP contribution in [0.5, 0.6) is 0 Å². The van der Waals surface area contributed by atoms with Gasteiger partial charge in [-0.2, -0.15) is 0 Å². The summed E-state index contributed by atoms with van der Waals surface area (Å²) in [6, 6.07) is 43.3. The summed E-state index contributed by atoms with van der Waals surface area (Å²) in [5.41, 5.74) is 18.1. The predicted molar refractivity (Wildman–Crippen MR) is 266 cm³/mol. The van der Waals surface area contributed by atoms with Gasteiger partial charge in [0.1, 0.15) is 5.65 Å². The van der Waals surface area contributed by atoms with Gasteiger partial charge in [-0.25, -0.2) is 0 Å². The third-order valence-corrected chi connectivity index (χ3v) is 9.87. The highest BCUT2D eigenvalue weighted by Crippen LogP contribution is 2.39. The molecule has 2 aromatic heterocycles. The standard InChI is InChI=1S/C27H24N2.C15H16.C9H16.2C2H6.C2H2/c1-4-11-24-20(3)26-23-16-8-9-17-25(23)28(21-13-6-5-7-14-21)27(26)29(24)22-15-10-12-19(2)18-22;1-11-8-9-15(13(3)10-11)14-7-5-4-6-12(14)2;1-5-6-7-9(4)8(2)3;3*1-2/h4-18H,1-3H3;4-10H,1-3H3;6-7H,5H2,1-4H3;2*1-2H3;1-2H/b11-4-;;7-6-;;;. The maximum Gasteiger partial charge on any atom is 0.131 e. The second-order valence-electron chi connectivity index (χ2n) is 14.2. The van der Waals surface area contributed by atoms with Crippen molar-refractivity contribution in [2.75, 3.05) is 0 Å². The number of hydrogen-bond donors (Lipinski definition) is 0. The van der Waals surface area contributed by atoms with Crippen molar-refractivity contribution in [2.24, 2.45) is 0 Å². The van der Waals surface area contributed by atoms with E-state index in [9.17, 15) is 0 Å². The summed E-state index contributed by atoms with van der Waals surface area (Å²) in [6.45, 7) is 29.5. The summed E-state index contributed by atoms with van der Waals surface area (Å²) in [6.07, 6.45) is 17.8. The Labute approximate surface area is 358 Å². The van der Waals surface area contributed by atoms with Crippen molar-refractivity contribution in [1.29, 1.82) is 0 Å². The molecule has 59 heavy (non-hydrogen) atoms. The number of benzene rings is 5. The van der Waals surface area contributed by atoms with Crippen molar-refractivity contribution in [1.82, 2.24) is 9.13 Å². The Bertz CT molecular complexity index is 2450. The lowest BCUT2D eigenvalue weighted by Gasteiger charge is -2.14. The second-order valence-corrected chi connectivity index (χ2v) is 14.2. The molecule has 2 heterocycles. The highest BCUT2D eigenvalue weighted by atomic mass is 15.1. The van der Waals surface area contributed by atoms with Crippen LogP contribution in [0, 0.1) is 47.5 Å². The first-order valence-electron chi connectivity index (χ1n) is 21.2. The highest BCUT2D eigenvalue weighted by Gasteiger charge is 2.22. The second kappa shape index (κ2) is 25.3. The molecule has 0 atom stereocenters. The fraction of sp³-hybridized carbons (Fsp3) is 0.263. The van der Waals surface area contributed by atoms with Crippen molar-refractivity contribution in [3.8, 4) is 35.3 Å². The first-order valence-corrected chi connectivity index (χ1v) is 21.2. The molecule has 0 fully saturated rings. The molecule has 308 valence electrons. The van der Waals surface area contributed by atoms with E-state index in [-0.39, 0.29) is 0 Å². The van der Waals surface area contributed by atoms with Crippen molar-refractivity contribution < 1.29 is 0 Å². The Kier molecular flexibility index (Phi) is 21.1. The minimum Gasteiger partial charge on any atom is -0.295 e. The Morgan fingerprint density at radius 3 is 1.76 bits per heavy atom. The van der Waals surface area contributed by atoms with E-state index in [4.69, 9.17) is 0 Å². The predicted octanol–water partition coefficient (Wildman–Crippen LogP) is 17.1. The molecule has 2 nitrogen and oxygen atoms in total. The molecule has 0 spiro atoms. The molecule has 0 N–H and O–H groups in total. The fourth-order valence-electron chi connectivity index (χ4n) is 6.89. The van der Waals surface area contributed by atoms with E-state index in [1.165, 1.54) is 89.1 Å². The van der Waals surface area contributed by atoms with Gasteiger partial charge in [0.15, 0.2) is 0 Å². The zero-order chi connectivity index (χ0) is 44.1. The average molecular weight is 783 g/mol. The van der Waals surface area contributed by atoms with Gasteiger partial charge in [-0.1, -0.05) is 161 Å². The van der Waals surface area contributed by atoms with Crippen LogP contribution in [0.25, 0.3) is 50.5 Å². The van der Waals surface area contributed by atoms with Crippen LogP contribution in [0.2, 0.25) is 0 Å². The number of hydrogen-bond acceptors (Lipinski definition) is 0. The smallest absolute Gasteiger partial charge is 0.131 e. The van der Waals surface area contributed by atoms with Crippen LogP contribution in [0.3, 0.4) is 0 Å². The Balaban J connectivity index is 0.000000335. The van der Waals surface area contributed by atoms with Crippen LogP contribution in [-0.2, 0) is 0 Å². The topological polar surface area (TPSA) is 9.86 Å². The van der Waals surface area contributed by atoms with E-state index in [0.717, 1.165) is 6.42 Å². The molecule has 7 rings (SSSR count). The van der Waals surface area contributed by atoms with Crippen molar-refractivity contribution in [2.45, 2.75) is 103 Å². The number of terminal acetylenes is 1. The zero-order valence-electron chi connectivity index (χ0n) is 38.6. The van der Waals surface area contributed by atoms with Crippen molar-refractivity contribution >= 4 is 28.0 Å². The van der Waals surface area contributed by atoms with Crippen LogP contribution >= 0.6 is 0 Å². The number of fused-ring (bicyclic) bond motifs is 3. The van der Waals surface area contributed by atoms with E-state index in [1.54, 1.807) is 0 Å². The highest BCUT2D eigenvalue weighted by molar-refractivity contribution is 6.12. The zero-order valence-corrected chi connectivity index (χ0v) is 38.6. The molecule has 0 aliphatic rings. The van der Waals surface area contributed by atoms with Gasteiger partial charge in [-0.15, -0.1) is 12.8 Å². The largest absolute Gasteiger partial charge is 0.295 e. The van der Waals surface area contributed by atoms with Gasteiger partial charge in [-0.05, 0) is 139 Å². The Morgan fingerprint density at radius 1 is 0.593 bits per heavy atom. The van der Waals surface area contributed by atoms with Crippen LogP contribution in [-0.4, -0.2) is 9.13 Å². The normalized spacial score (nSPS) is 10.2. The number of nitrogens with zero attached hydrogens (tertiary/aromatic N) is 2. The van der Waals surface area contributed by atoms with Crippen LogP contribution < -0.4 is 0 Å². The molecule has 0 unspecified atom stereocenters. The van der Waals surface area contributed by atoms with E-state index in [2.05, 4.69) is 237 Å². The van der Waals surface area contributed by atoms with Gasteiger partial charge in [0.2, 0.25) is 0 Å². The van der Waals surface area contributed by atoms with Gasteiger partial charge < -0.3 is 0 Å². The van der Waals surface area contributed by atoms with Gasteiger partial charge >= 0.3 is 0 Å². The minimum atomic E-state index is 1.13. The number of rotatable bonds is 6. The maximum atomic E-state index is 4.00. The molecular weight excluding hydrogens is 713 g/mol. The van der Waals surface area contributed by atoms with E-state index >= 15 is 0 Å². The third-order valence-electron chi connectivity index (χ3n) is 9.87. The molecule has 5 aromatic carbocycles. The molecular formula is C57H70N2. The monoisotopic (exact) mass is 783 g/mol. The molecule has 7 aromatic rings. The SMILES string of the molecule is C#C.C/C=C\c1c(C)c2c3ccccc3n(-c3ccccc3)c2n1-c1cccc(C)c1.CC.CC.CC/C=C\C(C)=C(C)C.Cc1ccc(-c2ccccc2C)c(C)c1. The molecule has 0 aliphatic heterocycles. The molecule has 0 saturated heterocycles. The lowest BCUT2D eigenvalue weighted by molar-refractivity contribution is 1.02. The van der Waals surface area contributed by atoms with Gasteiger partial charge in [0, 0.05) is 22.1 Å². The summed E-state index contributed by atoms with van der Waals surface area (Å²) >= 11 is 0. The van der Waals surface area contributed by atoms with Gasteiger partial charge in [-0.3, -0.25) is 9.13 Å². The maximum absolute atomic E-state index is 4.00. The number of para-hydroxylation sites is 2. The number of aryl methyl sites for hydroxylation is 5. The number of allylic oxidation sites excluding steroid dienone is 5. The van der Waals surface area contributed by atoms with Gasteiger partial charge in [0.05, 0.1) is 11.2 Å². The summed E-state index contributed by atoms with van der Waals surface area (Å²) in [5.74, 6) is 0. The summed E-state index contributed by atoms with van der Waals surface area (Å²) in [5, 5.41) is 2.61. The quantitative estimate of drug-likeness (QED) is 0.117. The average Bonchev–Trinajstić information content (AvgIpc) is 3.74. The van der Waals surface area contributed by atoms with Crippen molar-refractivity contribution in [3.05, 3.63) is 184 Å². The summed E-state index contributed by atoms with van der Waals surface area (Å²) in [4.78, 5) is 0. The molecule has 2 heteroatoms. The van der Waals surface area contributed by atoms with E-state index in [1.807, 2.05) is 27.7 Å². The first-order chi connectivity index (χ1) is 28.6. The lowest BCUT2D eigenvalue weighted by Crippen LogP contribution is -2.03. The van der Waals surface area contributed by atoms with E-state index < -0.39 is 0 Å². The van der Waals surface area contributed by atoms with Crippen molar-refractivity contribution in [3.63, 3.8) is 0 Å². The van der Waals surface area contributed by atoms with E-state index in [0.29, 0.717) is 0 Å². The Morgan fingerprint density at radius 2 is 1.17 bits per heavy atom. The van der Waals surface area contributed by atoms with Crippen LogP contribution in [0.4, 0.5) is 0 Å². The minimum absolute atomic E-state index is 1.13. The van der Waals surface area contributed by atoms with Crippen LogP contribution in [0.1, 0.15) is 102 Å². The first kappa shape index (κ1) is 49.1. The summed E-state index contributed by atoms with van der Waals surface area (Å²) < 4.78 is 4.80.